The summed E-state index contributed by atoms with van der Waals surface area (Å²) >= 11 is 0. The monoisotopic (exact) mass is 202 g/mol. The van der Waals surface area contributed by atoms with Crippen molar-refractivity contribution in [2.45, 2.75) is 13.3 Å². The Morgan fingerprint density at radius 3 is 2.43 bits per heavy atom. The van der Waals surface area contributed by atoms with E-state index in [1.54, 1.807) is 6.92 Å². The fraction of sp³-hybridized carbons (Fsp3) is 0.700. The predicted octanol–water partition coefficient (Wildman–Crippen LogP) is 1.09. The van der Waals surface area contributed by atoms with Crippen molar-refractivity contribution in [2.24, 2.45) is 0 Å². The van der Waals surface area contributed by atoms with Crippen molar-refractivity contribution in [3.63, 3.8) is 0 Å². The molecule has 0 aliphatic heterocycles. The maximum absolute atomic E-state index is 11.0. The van der Waals surface area contributed by atoms with Gasteiger partial charge >= 0.3 is 5.97 Å². The number of aliphatic hydroxyl groups excluding tert-OH is 1. The summed E-state index contributed by atoms with van der Waals surface area (Å²) in [5, 5.41) is 8.97. The molecule has 0 saturated carbocycles. The van der Waals surface area contributed by atoms with Gasteiger partial charge in [0.25, 0.3) is 0 Å². The van der Waals surface area contributed by atoms with Crippen molar-refractivity contribution in [3.05, 3.63) is 11.8 Å². The van der Waals surface area contributed by atoms with Crippen LogP contribution >= 0.6 is 0 Å². The van der Waals surface area contributed by atoms with Crippen LogP contribution in [0.25, 0.3) is 0 Å². The molecule has 0 atom stereocenters. The number of rotatable bonds is 5. The fourth-order valence-electron chi connectivity index (χ4n) is 0.896. The molecule has 82 valence electrons. The number of carbonyl (C=O) groups is 1. The van der Waals surface area contributed by atoms with Gasteiger partial charge in [-0.05, 0) is 13.0 Å². The molecule has 0 aliphatic carbocycles. The van der Waals surface area contributed by atoms with E-state index >= 15 is 0 Å². The van der Waals surface area contributed by atoms with Crippen LogP contribution < -0.4 is 0 Å². The number of aliphatic hydroxyl groups is 1. The molecule has 0 saturated heterocycles. The molecular formula is C10H20NO3+. The van der Waals surface area contributed by atoms with Gasteiger partial charge in [-0.15, -0.1) is 0 Å². The van der Waals surface area contributed by atoms with Crippen molar-refractivity contribution in [1.82, 2.24) is 0 Å². The van der Waals surface area contributed by atoms with Crippen LogP contribution in [0.15, 0.2) is 11.8 Å². The van der Waals surface area contributed by atoms with Crippen LogP contribution in [0.5, 0.6) is 0 Å². The lowest BCUT2D eigenvalue weighted by atomic mass is 10.4. The average molecular weight is 202 g/mol. The second-order valence-electron chi connectivity index (χ2n) is 4.18. The molecule has 0 spiro atoms. The number of quaternary nitrogens is 1. The van der Waals surface area contributed by atoms with Gasteiger partial charge in [0.1, 0.15) is 0 Å². The first-order chi connectivity index (χ1) is 6.37. The summed E-state index contributed by atoms with van der Waals surface area (Å²) in [5.41, 5.74) is 0. The molecular weight excluding hydrogens is 182 g/mol. The Kier molecular flexibility index (Phi) is 5.23. The van der Waals surface area contributed by atoms with E-state index < -0.39 is 5.97 Å². The highest BCUT2D eigenvalue weighted by molar-refractivity contribution is 5.85. The number of allylic oxidation sites excluding steroid dienone is 1. The Labute approximate surface area is 85.4 Å². The van der Waals surface area contributed by atoms with E-state index in [-0.39, 0.29) is 5.76 Å². The first kappa shape index (κ1) is 13.0. The maximum Gasteiger partial charge on any atom is 0.373 e. The van der Waals surface area contributed by atoms with Crippen LogP contribution in [0.1, 0.15) is 13.3 Å². The lowest BCUT2D eigenvalue weighted by Crippen LogP contribution is -2.35. The summed E-state index contributed by atoms with van der Waals surface area (Å²) in [5.74, 6) is -0.968. The quantitative estimate of drug-likeness (QED) is 0.239. The second kappa shape index (κ2) is 5.65. The summed E-state index contributed by atoms with van der Waals surface area (Å²) in [7, 11) is 6.22. The summed E-state index contributed by atoms with van der Waals surface area (Å²) in [4.78, 5) is 11.0. The molecule has 0 heterocycles. The van der Waals surface area contributed by atoms with Gasteiger partial charge < -0.3 is 14.3 Å². The highest BCUT2D eigenvalue weighted by atomic mass is 16.5. The van der Waals surface area contributed by atoms with Gasteiger partial charge in [0, 0.05) is 6.42 Å². The van der Waals surface area contributed by atoms with Gasteiger partial charge in [-0.1, -0.05) is 0 Å². The van der Waals surface area contributed by atoms with E-state index in [9.17, 15) is 4.79 Å². The van der Waals surface area contributed by atoms with Gasteiger partial charge in [-0.2, -0.15) is 0 Å². The number of nitrogens with zero attached hydrogens (tertiary/aromatic N) is 1. The largest absolute Gasteiger partial charge is 0.502 e. The number of hydrogen-bond donors (Lipinski definition) is 1. The molecule has 0 fully saturated rings. The normalized spacial score (nSPS) is 12.7. The van der Waals surface area contributed by atoms with Crippen LogP contribution in [0.4, 0.5) is 0 Å². The molecule has 0 aromatic carbocycles. The van der Waals surface area contributed by atoms with Crippen LogP contribution in [0.2, 0.25) is 0 Å². The van der Waals surface area contributed by atoms with E-state index in [1.807, 2.05) is 0 Å². The highest BCUT2D eigenvalue weighted by Gasteiger charge is 2.09. The van der Waals surface area contributed by atoms with E-state index in [2.05, 4.69) is 21.1 Å². The molecule has 4 heteroatoms. The topological polar surface area (TPSA) is 46.5 Å². The zero-order valence-electron chi connectivity index (χ0n) is 9.41. The van der Waals surface area contributed by atoms with Crippen molar-refractivity contribution >= 4 is 5.97 Å². The van der Waals surface area contributed by atoms with Crippen LogP contribution in [0.3, 0.4) is 0 Å². The van der Waals surface area contributed by atoms with Crippen molar-refractivity contribution in [3.8, 4) is 0 Å². The average Bonchev–Trinajstić information content (AvgIpc) is 2.09. The third-order valence-electron chi connectivity index (χ3n) is 1.69. The van der Waals surface area contributed by atoms with Crippen molar-refractivity contribution in [1.29, 1.82) is 0 Å². The van der Waals surface area contributed by atoms with Crippen molar-refractivity contribution in [2.75, 3.05) is 34.3 Å². The first-order valence-corrected chi connectivity index (χ1v) is 4.69. The molecule has 0 rings (SSSR count). The van der Waals surface area contributed by atoms with Gasteiger partial charge in [0.05, 0.1) is 34.3 Å². The van der Waals surface area contributed by atoms with Crippen LogP contribution in [-0.4, -0.2) is 49.9 Å². The summed E-state index contributed by atoms with van der Waals surface area (Å²) < 4.78 is 5.66. The molecule has 0 bridgehead atoms. The predicted molar refractivity (Wildman–Crippen MR) is 54.9 cm³/mol. The molecule has 0 unspecified atom stereocenters. The van der Waals surface area contributed by atoms with E-state index in [0.717, 1.165) is 17.4 Å². The molecule has 0 amide bonds. The minimum Gasteiger partial charge on any atom is -0.502 e. The Bertz CT molecular complexity index is 216. The van der Waals surface area contributed by atoms with Gasteiger partial charge in [-0.25, -0.2) is 4.79 Å². The van der Waals surface area contributed by atoms with Gasteiger partial charge in [0.2, 0.25) is 0 Å². The lowest BCUT2D eigenvalue weighted by molar-refractivity contribution is -0.870. The third kappa shape index (κ3) is 6.48. The molecule has 1 N–H and O–H groups in total. The first-order valence-electron chi connectivity index (χ1n) is 4.69. The van der Waals surface area contributed by atoms with E-state index in [0.29, 0.717) is 6.61 Å². The van der Waals surface area contributed by atoms with Crippen LogP contribution in [0, 0.1) is 0 Å². The molecule has 14 heavy (non-hydrogen) atoms. The van der Waals surface area contributed by atoms with Crippen molar-refractivity contribution < 1.29 is 19.1 Å². The second-order valence-corrected chi connectivity index (χ2v) is 4.18. The smallest absolute Gasteiger partial charge is 0.373 e. The summed E-state index contributed by atoms with van der Waals surface area (Å²) in [6.45, 7) is 2.87. The maximum atomic E-state index is 11.0. The number of hydrogen-bond acceptors (Lipinski definition) is 3. The number of esters is 1. The zero-order valence-corrected chi connectivity index (χ0v) is 9.41. The Morgan fingerprint density at radius 1 is 1.43 bits per heavy atom. The van der Waals surface area contributed by atoms with E-state index in [1.165, 1.54) is 6.08 Å². The molecule has 0 aliphatic rings. The van der Waals surface area contributed by atoms with Gasteiger partial charge in [-0.3, -0.25) is 0 Å². The third-order valence-corrected chi connectivity index (χ3v) is 1.69. The Balaban J connectivity index is 3.61. The summed E-state index contributed by atoms with van der Waals surface area (Å²) in [6, 6.07) is 0. The van der Waals surface area contributed by atoms with E-state index in [4.69, 9.17) is 9.84 Å². The Hall–Kier alpha value is -1.03. The molecule has 4 nitrogen and oxygen atoms in total. The Morgan fingerprint density at radius 2 is 2.00 bits per heavy atom. The SMILES string of the molecule is CC=C(O)C(=O)OCCC[N+](C)(C)C. The fourth-order valence-corrected chi connectivity index (χ4v) is 0.896. The lowest BCUT2D eigenvalue weighted by Gasteiger charge is -2.23. The van der Waals surface area contributed by atoms with Crippen LogP contribution in [-0.2, 0) is 9.53 Å². The molecule has 0 aromatic rings. The molecule has 0 aromatic heterocycles. The molecule has 0 radical (unpaired) electrons. The summed E-state index contributed by atoms with van der Waals surface area (Å²) in [6.07, 6.45) is 2.12. The zero-order chi connectivity index (χ0) is 11.2. The minimum absolute atomic E-state index is 0.324. The van der Waals surface area contributed by atoms with Gasteiger partial charge in [0.15, 0.2) is 5.76 Å². The number of ether oxygens (including phenoxy) is 1. The standard InChI is InChI=1S/C10H19NO3/c1-5-9(12)10(13)14-8-6-7-11(2,3)4/h5H,6-8H2,1-4H3/p+1. The highest BCUT2D eigenvalue weighted by Crippen LogP contribution is 1.97. The minimum atomic E-state index is -0.645. The number of carbonyl (C=O) groups excluding carboxylic acids is 1.